The maximum atomic E-state index is 9.19. The molecule has 1 aliphatic heterocycles. The molecule has 0 aromatic carbocycles. The highest BCUT2D eigenvalue weighted by Gasteiger charge is 2.32. The molecule has 4 nitrogen and oxygen atoms in total. The fraction of sp³-hybridized carbons (Fsp3) is 0.167. The summed E-state index contributed by atoms with van der Waals surface area (Å²) in [6.45, 7) is 1.82. The van der Waals surface area contributed by atoms with Crippen LogP contribution in [0.25, 0.3) is 0 Å². The number of nitriles is 2. The Morgan fingerprint density at radius 2 is 2.06 bits per heavy atom. The summed E-state index contributed by atoms with van der Waals surface area (Å²) in [6, 6.07) is 7.67. The topological polar surface area (TPSA) is 86.7 Å². The molecule has 0 saturated carbocycles. The highest BCUT2D eigenvalue weighted by atomic mass is 32.2. The zero-order valence-electron chi connectivity index (χ0n) is 9.10. The number of nitrogens with two attached hydrogens (primary N) is 1. The summed E-state index contributed by atoms with van der Waals surface area (Å²) in [6.07, 6.45) is 1.52. The zero-order valence-corrected chi connectivity index (χ0v) is 9.91. The third-order valence-electron chi connectivity index (χ3n) is 2.55. The van der Waals surface area contributed by atoms with Crippen molar-refractivity contribution in [3.8, 4) is 12.1 Å². The molecular weight excluding hydrogens is 234 g/mol. The van der Waals surface area contributed by atoms with Gasteiger partial charge in [-0.3, -0.25) is 0 Å². The molecule has 0 bridgehead atoms. The van der Waals surface area contributed by atoms with Crippen molar-refractivity contribution in [3.63, 3.8) is 0 Å². The largest absolute Gasteiger partial charge is 0.468 e. The van der Waals surface area contributed by atoms with Crippen LogP contribution in [0.3, 0.4) is 0 Å². The standard InChI is InChI=1S/C12H9N3OS/c1-7-8(5-13)11(10-3-2-4-16-10)9(6-14)12(15)17-7/h2-4,11H,15H2,1H3/t11-/m1/s1. The molecule has 17 heavy (non-hydrogen) atoms. The molecule has 0 aliphatic carbocycles. The van der Waals surface area contributed by atoms with Gasteiger partial charge in [-0.25, -0.2) is 0 Å². The Hall–Kier alpha value is -2.11. The van der Waals surface area contributed by atoms with E-state index in [9.17, 15) is 5.26 Å². The van der Waals surface area contributed by atoms with Gasteiger partial charge in [0.25, 0.3) is 0 Å². The van der Waals surface area contributed by atoms with Gasteiger partial charge in [0.2, 0.25) is 0 Å². The van der Waals surface area contributed by atoms with Gasteiger partial charge >= 0.3 is 0 Å². The van der Waals surface area contributed by atoms with Crippen molar-refractivity contribution in [2.24, 2.45) is 5.73 Å². The fourth-order valence-corrected chi connectivity index (χ4v) is 2.64. The van der Waals surface area contributed by atoms with Crippen LogP contribution < -0.4 is 5.73 Å². The number of allylic oxidation sites excluding steroid dienone is 3. The minimum atomic E-state index is -0.471. The lowest BCUT2D eigenvalue weighted by atomic mass is 9.89. The predicted molar refractivity (Wildman–Crippen MR) is 64.2 cm³/mol. The second-order valence-electron chi connectivity index (χ2n) is 3.52. The van der Waals surface area contributed by atoms with Gasteiger partial charge in [0.1, 0.15) is 5.76 Å². The molecule has 1 aliphatic rings. The maximum absolute atomic E-state index is 9.19. The molecule has 2 rings (SSSR count). The first-order chi connectivity index (χ1) is 8.19. The molecule has 0 amide bonds. The van der Waals surface area contributed by atoms with Gasteiger partial charge < -0.3 is 10.2 Å². The highest BCUT2D eigenvalue weighted by molar-refractivity contribution is 8.06. The van der Waals surface area contributed by atoms with E-state index in [0.29, 0.717) is 21.9 Å². The highest BCUT2D eigenvalue weighted by Crippen LogP contribution is 2.44. The van der Waals surface area contributed by atoms with Crippen molar-refractivity contribution >= 4 is 11.8 Å². The second-order valence-corrected chi connectivity index (χ2v) is 4.78. The number of nitrogens with zero attached hydrogens (tertiary/aromatic N) is 2. The second kappa shape index (κ2) is 4.40. The van der Waals surface area contributed by atoms with Crippen molar-refractivity contribution in [2.75, 3.05) is 0 Å². The molecule has 1 atom stereocenters. The predicted octanol–water partition coefficient (Wildman–Crippen LogP) is 2.60. The van der Waals surface area contributed by atoms with Crippen LogP contribution >= 0.6 is 11.8 Å². The lowest BCUT2D eigenvalue weighted by molar-refractivity contribution is 0.503. The summed E-state index contributed by atoms with van der Waals surface area (Å²) in [5.41, 5.74) is 6.73. The van der Waals surface area contributed by atoms with Gasteiger partial charge in [-0.05, 0) is 19.1 Å². The molecule has 5 heteroatoms. The van der Waals surface area contributed by atoms with Gasteiger partial charge in [-0.2, -0.15) is 10.5 Å². The SMILES string of the molecule is CC1=C(C#N)[C@@H](c2ccco2)C(C#N)=C(N)S1. The summed E-state index contributed by atoms with van der Waals surface area (Å²) in [5.74, 6) is 0.0990. The molecule has 2 heterocycles. The van der Waals surface area contributed by atoms with Crippen LogP contribution in [0.1, 0.15) is 18.6 Å². The Morgan fingerprint density at radius 1 is 1.35 bits per heavy atom. The van der Waals surface area contributed by atoms with E-state index < -0.39 is 5.92 Å². The number of hydrogen-bond donors (Lipinski definition) is 1. The minimum Gasteiger partial charge on any atom is -0.468 e. The lowest BCUT2D eigenvalue weighted by Crippen LogP contribution is -2.14. The molecule has 0 saturated heterocycles. The molecule has 0 fully saturated rings. The normalized spacial score (nSPS) is 20.1. The molecule has 1 aromatic heterocycles. The Balaban J connectivity index is 2.61. The van der Waals surface area contributed by atoms with Gasteiger partial charge in [-0.1, -0.05) is 11.8 Å². The van der Waals surface area contributed by atoms with Gasteiger partial charge in [0.15, 0.2) is 0 Å². The fourth-order valence-electron chi connectivity index (χ4n) is 1.77. The van der Waals surface area contributed by atoms with E-state index in [0.717, 1.165) is 4.91 Å². The lowest BCUT2D eigenvalue weighted by Gasteiger charge is -2.21. The van der Waals surface area contributed by atoms with Crippen molar-refractivity contribution in [1.82, 2.24) is 0 Å². The maximum Gasteiger partial charge on any atom is 0.117 e. The Kier molecular flexibility index (Phi) is 2.95. The molecule has 0 unspecified atom stereocenters. The van der Waals surface area contributed by atoms with Gasteiger partial charge in [0.05, 0.1) is 40.5 Å². The van der Waals surface area contributed by atoms with Gasteiger partial charge in [0, 0.05) is 4.91 Å². The van der Waals surface area contributed by atoms with E-state index in [-0.39, 0.29) is 0 Å². The molecule has 0 spiro atoms. The number of hydrogen-bond acceptors (Lipinski definition) is 5. The molecule has 84 valence electrons. The van der Waals surface area contributed by atoms with Crippen LogP contribution in [0.5, 0.6) is 0 Å². The summed E-state index contributed by atoms with van der Waals surface area (Å²) < 4.78 is 5.30. The van der Waals surface area contributed by atoms with E-state index in [1.807, 2.05) is 6.92 Å². The molecule has 0 radical (unpaired) electrons. The average Bonchev–Trinajstić information content (AvgIpc) is 2.81. The van der Waals surface area contributed by atoms with Crippen LogP contribution in [0, 0.1) is 22.7 Å². The van der Waals surface area contributed by atoms with Crippen molar-refractivity contribution in [2.45, 2.75) is 12.8 Å². The number of thioether (sulfide) groups is 1. The summed E-state index contributed by atoms with van der Waals surface area (Å²) in [4.78, 5) is 0.811. The number of rotatable bonds is 1. The molecular formula is C12H9N3OS. The Labute approximate surface area is 103 Å². The van der Waals surface area contributed by atoms with Crippen LogP contribution in [-0.2, 0) is 0 Å². The van der Waals surface area contributed by atoms with Crippen molar-refractivity contribution in [3.05, 3.63) is 45.2 Å². The van der Waals surface area contributed by atoms with Crippen molar-refractivity contribution < 1.29 is 4.42 Å². The van der Waals surface area contributed by atoms with Gasteiger partial charge in [-0.15, -0.1) is 0 Å². The number of furan rings is 1. The Morgan fingerprint density at radius 3 is 2.59 bits per heavy atom. The monoisotopic (exact) mass is 243 g/mol. The van der Waals surface area contributed by atoms with E-state index in [4.69, 9.17) is 15.4 Å². The van der Waals surface area contributed by atoms with E-state index >= 15 is 0 Å². The summed E-state index contributed by atoms with van der Waals surface area (Å²) in [5, 5.41) is 18.8. The van der Waals surface area contributed by atoms with Crippen LogP contribution in [0.15, 0.2) is 43.9 Å². The first kappa shape index (κ1) is 11.4. The third kappa shape index (κ3) is 1.82. The zero-order chi connectivity index (χ0) is 12.4. The Bertz CT molecular complexity index is 548. The van der Waals surface area contributed by atoms with E-state index in [1.54, 1.807) is 12.1 Å². The summed E-state index contributed by atoms with van der Waals surface area (Å²) >= 11 is 1.26. The molecule has 2 N–H and O–H groups in total. The van der Waals surface area contributed by atoms with E-state index in [1.165, 1.54) is 18.0 Å². The first-order valence-corrected chi connectivity index (χ1v) is 5.72. The smallest absolute Gasteiger partial charge is 0.117 e. The van der Waals surface area contributed by atoms with Crippen molar-refractivity contribution in [1.29, 1.82) is 10.5 Å². The van der Waals surface area contributed by atoms with Crippen LogP contribution in [0.4, 0.5) is 0 Å². The van der Waals surface area contributed by atoms with Crippen LogP contribution in [-0.4, -0.2) is 0 Å². The first-order valence-electron chi connectivity index (χ1n) is 4.91. The summed E-state index contributed by atoms with van der Waals surface area (Å²) in [7, 11) is 0. The van der Waals surface area contributed by atoms with E-state index in [2.05, 4.69) is 12.1 Å². The van der Waals surface area contributed by atoms with Crippen LogP contribution in [0.2, 0.25) is 0 Å². The average molecular weight is 243 g/mol. The quantitative estimate of drug-likeness (QED) is 0.819. The molecule has 1 aromatic rings. The minimum absolute atomic E-state index is 0.382. The third-order valence-corrected chi connectivity index (χ3v) is 3.52.